The van der Waals surface area contributed by atoms with Crippen molar-refractivity contribution in [3.8, 4) is 0 Å². The molecule has 0 aliphatic heterocycles. The van der Waals surface area contributed by atoms with Gasteiger partial charge in [0.25, 0.3) is 0 Å². The Kier molecular flexibility index (Phi) is 5.54. The lowest BCUT2D eigenvalue weighted by Crippen LogP contribution is -2.30. The van der Waals surface area contributed by atoms with Crippen molar-refractivity contribution < 1.29 is 4.39 Å². The van der Waals surface area contributed by atoms with E-state index < -0.39 is 6.17 Å². The van der Waals surface area contributed by atoms with E-state index in [9.17, 15) is 4.39 Å². The molecule has 0 fully saturated rings. The van der Waals surface area contributed by atoms with Crippen LogP contribution in [0.4, 0.5) is 4.39 Å². The van der Waals surface area contributed by atoms with Crippen LogP contribution in [0.2, 0.25) is 0 Å². The fourth-order valence-electron chi connectivity index (χ4n) is 1.60. The zero-order chi connectivity index (χ0) is 10.5. The van der Waals surface area contributed by atoms with Gasteiger partial charge in [0.1, 0.15) is 0 Å². The number of hydrogen-bond acceptors (Lipinski definition) is 1. The second-order valence-electron chi connectivity index (χ2n) is 4.93. The zero-order valence-electron chi connectivity index (χ0n) is 9.44. The van der Waals surface area contributed by atoms with Crippen molar-refractivity contribution in [1.82, 2.24) is 0 Å². The van der Waals surface area contributed by atoms with Crippen molar-refractivity contribution in [3.63, 3.8) is 0 Å². The molecule has 1 nitrogen and oxygen atoms in total. The lowest BCUT2D eigenvalue weighted by molar-refractivity contribution is 0.188. The second kappa shape index (κ2) is 5.58. The Bertz CT molecular complexity index is 134. The predicted octanol–water partition coefficient (Wildman–Crippen LogP) is 3.14. The fraction of sp³-hybridized carbons (Fsp3) is 1.00. The maximum Gasteiger partial charge on any atom is 0.0979 e. The Balaban J connectivity index is 3.96. The number of halogens is 1. The van der Waals surface area contributed by atoms with Crippen LogP contribution < -0.4 is 5.73 Å². The quantitative estimate of drug-likeness (QED) is 0.682. The van der Waals surface area contributed by atoms with E-state index in [1.54, 1.807) is 6.92 Å². The first-order chi connectivity index (χ1) is 5.89. The number of alkyl halides is 1. The first-order valence-corrected chi connectivity index (χ1v) is 5.24. The summed E-state index contributed by atoms with van der Waals surface area (Å²) in [5, 5.41) is 0. The summed E-state index contributed by atoms with van der Waals surface area (Å²) in [6, 6.07) is 0. The van der Waals surface area contributed by atoms with Gasteiger partial charge in [-0.2, -0.15) is 0 Å². The van der Waals surface area contributed by atoms with Crippen LogP contribution in [0.15, 0.2) is 0 Å². The zero-order valence-corrected chi connectivity index (χ0v) is 9.44. The van der Waals surface area contributed by atoms with Gasteiger partial charge in [-0.1, -0.05) is 27.2 Å². The summed E-state index contributed by atoms with van der Waals surface area (Å²) in [6.07, 6.45) is 2.03. The van der Waals surface area contributed by atoms with E-state index in [4.69, 9.17) is 5.73 Å². The topological polar surface area (TPSA) is 26.0 Å². The molecule has 0 saturated carbocycles. The average molecular weight is 189 g/mol. The van der Waals surface area contributed by atoms with Gasteiger partial charge in [-0.25, -0.2) is 4.39 Å². The normalized spacial score (nSPS) is 18.7. The molecule has 0 aromatic carbocycles. The SMILES string of the molecule is CC(C)CC[C@](C)(CN)C[C@@H](C)F. The Morgan fingerprint density at radius 2 is 1.85 bits per heavy atom. The van der Waals surface area contributed by atoms with Gasteiger partial charge < -0.3 is 5.73 Å². The molecule has 0 saturated heterocycles. The molecule has 0 spiro atoms. The Morgan fingerprint density at radius 1 is 1.31 bits per heavy atom. The largest absolute Gasteiger partial charge is 0.330 e. The van der Waals surface area contributed by atoms with Gasteiger partial charge in [0.15, 0.2) is 0 Å². The minimum absolute atomic E-state index is 0.00155. The van der Waals surface area contributed by atoms with Crippen LogP contribution in [0.25, 0.3) is 0 Å². The fourth-order valence-corrected chi connectivity index (χ4v) is 1.60. The maximum atomic E-state index is 12.9. The van der Waals surface area contributed by atoms with Crippen molar-refractivity contribution >= 4 is 0 Å². The minimum Gasteiger partial charge on any atom is -0.330 e. The van der Waals surface area contributed by atoms with Crippen molar-refractivity contribution in [2.75, 3.05) is 6.54 Å². The standard InChI is InChI=1S/C11H24FN/c1-9(2)5-6-11(4,8-13)7-10(3)12/h9-10H,5-8,13H2,1-4H3/t10-,11+/m1/s1. The van der Waals surface area contributed by atoms with Crippen molar-refractivity contribution in [1.29, 1.82) is 0 Å². The third kappa shape index (κ3) is 6.03. The predicted molar refractivity (Wildman–Crippen MR) is 56.4 cm³/mol. The molecule has 80 valence electrons. The Labute approximate surface area is 81.9 Å². The van der Waals surface area contributed by atoms with Gasteiger partial charge in [-0.05, 0) is 37.6 Å². The highest BCUT2D eigenvalue weighted by atomic mass is 19.1. The lowest BCUT2D eigenvalue weighted by Gasteiger charge is -2.29. The third-order valence-electron chi connectivity index (χ3n) is 2.59. The number of hydrogen-bond donors (Lipinski definition) is 1. The molecule has 0 rings (SSSR count). The van der Waals surface area contributed by atoms with E-state index in [-0.39, 0.29) is 5.41 Å². The van der Waals surface area contributed by atoms with Gasteiger partial charge in [-0.15, -0.1) is 0 Å². The molecule has 0 amide bonds. The van der Waals surface area contributed by atoms with E-state index in [2.05, 4.69) is 20.8 Å². The Morgan fingerprint density at radius 3 is 2.15 bits per heavy atom. The molecule has 0 heterocycles. The monoisotopic (exact) mass is 189 g/mol. The van der Waals surface area contributed by atoms with Crippen molar-refractivity contribution in [2.24, 2.45) is 17.1 Å². The van der Waals surface area contributed by atoms with Gasteiger partial charge in [0.2, 0.25) is 0 Å². The molecule has 0 bridgehead atoms. The maximum absolute atomic E-state index is 12.9. The summed E-state index contributed by atoms with van der Waals surface area (Å²) in [4.78, 5) is 0. The van der Waals surface area contributed by atoms with E-state index in [0.717, 1.165) is 12.8 Å². The van der Waals surface area contributed by atoms with E-state index >= 15 is 0 Å². The summed E-state index contributed by atoms with van der Waals surface area (Å²) < 4.78 is 12.9. The smallest absolute Gasteiger partial charge is 0.0979 e. The van der Waals surface area contributed by atoms with Crippen molar-refractivity contribution in [3.05, 3.63) is 0 Å². The highest BCUT2D eigenvalue weighted by Crippen LogP contribution is 2.30. The van der Waals surface area contributed by atoms with Gasteiger partial charge in [0, 0.05) is 0 Å². The molecular weight excluding hydrogens is 165 g/mol. The average Bonchev–Trinajstić information content (AvgIpc) is 2.00. The lowest BCUT2D eigenvalue weighted by atomic mass is 9.79. The molecule has 0 aromatic rings. The molecule has 2 atom stereocenters. The minimum atomic E-state index is -0.735. The van der Waals surface area contributed by atoms with Crippen LogP contribution in [0.1, 0.15) is 47.0 Å². The molecule has 2 N–H and O–H groups in total. The highest BCUT2D eigenvalue weighted by molar-refractivity contribution is 4.77. The van der Waals surface area contributed by atoms with Crippen molar-refractivity contribution in [2.45, 2.75) is 53.1 Å². The molecule has 0 aliphatic rings. The van der Waals surface area contributed by atoms with Crippen LogP contribution >= 0.6 is 0 Å². The van der Waals surface area contributed by atoms with Gasteiger partial charge in [-0.3, -0.25) is 0 Å². The first-order valence-electron chi connectivity index (χ1n) is 5.24. The van der Waals surface area contributed by atoms with E-state index in [0.29, 0.717) is 18.9 Å². The molecule has 0 unspecified atom stereocenters. The summed E-state index contributed by atoms with van der Waals surface area (Å²) in [7, 11) is 0. The molecule has 13 heavy (non-hydrogen) atoms. The van der Waals surface area contributed by atoms with Crippen LogP contribution in [0.3, 0.4) is 0 Å². The van der Waals surface area contributed by atoms with Gasteiger partial charge in [0.05, 0.1) is 6.17 Å². The number of rotatable bonds is 6. The van der Waals surface area contributed by atoms with Crippen LogP contribution in [-0.4, -0.2) is 12.7 Å². The highest BCUT2D eigenvalue weighted by Gasteiger charge is 2.24. The third-order valence-corrected chi connectivity index (χ3v) is 2.59. The molecule has 0 aliphatic carbocycles. The number of nitrogens with two attached hydrogens (primary N) is 1. The second-order valence-corrected chi connectivity index (χ2v) is 4.93. The summed E-state index contributed by atoms with van der Waals surface area (Å²) in [5.74, 6) is 0.681. The van der Waals surface area contributed by atoms with Crippen LogP contribution in [-0.2, 0) is 0 Å². The van der Waals surface area contributed by atoms with Crippen LogP contribution in [0.5, 0.6) is 0 Å². The summed E-state index contributed by atoms with van der Waals surface area (Å²) in [5.41, 5.74) is 5.67. The van der Waals surface area contributed by atoms with Crippen LogP contribution in [0, 0.1) is 11.3 Å². The summed E-state index contributed by atoms with van der Waals surface area (Å²) in [6.45, 7) is 8.67. The van der Waals surface area contributed by atoms with E-state index in [1.807, 2.05) is 0 Å². The molecule has 0 radical (unpaired) electrons. The first kappa shape index (κ1) is 12.9. The molecule has 0 aromatic heterocycles. The molecular formula is C11H24FN. The molecule has 2 heteroatoms. The van der Waals surface area contributed by atoms with E-state index in [1.165, 1.54) is 0 Å². The summed E-state index contributed by atoms with van der Waals surface area (Å²) >= 11 is 0. The Hall–Kier alpha value is -0.110. The van der Waals surface area contributed by atoms with Gasteiger partial charge >= 0.3 is 0 Å².